The number of hydrogen-bond donors (Lipinski definition) is 2. The van der Waals surface area contributed by atoms with E-state index in [4.69, 9.17) is 15.1 Å². The summed E-state index contributed by atoms with van der Waals surface area (Å²) in [5.74, 6) is 0.927. The van der Waals surface area contributed by atoms with Crippen LogP contribution in [-0.4, -0.2) is 49.2 Å². The first kappa shape index (κ1) is 28.6. The maximum atomic E-state index is 14.5. The SMILES string of the molecule is CN.COC1(C)CCN(c2ccc(-n3nc(NCC4CCCCC4)cc3-c3ccc(C#N)c(F)c3)cc2)CC1. The van der Waals surface area contributed by atoms with Gasteiger partial charge in [0.05, 0.1) is 22.5 Å². The third-order valence-electron chi connectivity index (χ3n) is 8.16. The van der Waals surface area contributed by atoms with E-state index in [1.807, 2.05) is 16.8 Å². The second-order valence-corrected chi connectivity index (χ2v) is 10.7. The van der Waals surface area contributed by atoms with Crippen molar-refractivity contribution in [2.75, 3.05) is 44.0 Å². The monoisotopic (exact) mass is 532 g/mol. The molecule has 1 aliphatic carbocycles. The van der Waals surface area contributed by atoms with Gasteiger partial charge in [0.1, 0.15) is 17.7 Å². The number of methoxy groups -OCH3 is 1. The number of aromatic nitrogens is 2. The minimum absolute atomic E-state index is 0.0425. The van der Waals surface area contributed by atoms with E-state index in [9.17, 15) is 4.39 Å². The molecule has 0 spiro atoms. The summed E-state index contributed by atoms with van der Waals surface area (Å²) in [6, 6.07) is 17.0. The number of anilines is 2. The molecule has 2 fully saturated rings. The lowest BCUT2D eigenvalue weighted by molar-refractivity contribution is -0.0132. The molecular formula is C31H41FN6O. The minimum Gasteiger partial charge on any atom is -0.378 e. The van der Waals surface area contributed by atoms with E-state index in [-0.39, 0.29) is 11.2 Å². The van der Waals surface area contributed by atoms with Gasteiger partial charge in [0.25, 0.3) is 0 Å². The van der Waals surface area contributed by atoms with Gasteiger partial charge < -0.3 is 20.7 Å². The van der Waals surface area contributed by atoms with Gasteiger partial charge in [-0.25, -0.2) is 9.07 Å². The summed E-state index contributed by atoms with van der Waals surface area (Å²) in [4.78, 5) is 2.39. The lowest BCUT2D eigenvalue weighted by atomic mass is 9.89. The fourth-order valence-corrected chi connectivity index (χ4v) is 5.52. The Labute approximate surface area is 231 Å². The predicted octanol–water partition coefficient (Wildman–Crippen LogP) is 6.12. The van der Waals surface area contributed by atoms with E-state index in [0.29, 0.717) is 11.5 Å². The zero-order valence-electron chi connectivity index (χ0n) is 23.4. The van der Waals surface area contributed by atoms with Crippen LogP contribution in [0.5, 0.6) is 0 Å². The van der Waals surface area contributed by atoms with E-state index in [2.05, 4.69) is 47.1 Å². The van der Waals surface area contributed by atoms with Gasteiger partial charge in [-0.2, -0.15) is 5.26 Å². The number of nitriles is 1. The van der Waals surface area contributed by atoms with Crippen molar-refractivity contribution in [3.8, 4) is 23.0 Å². The minimum atomic E-state index is -0.520. The Morgan fingerprint density at radius 1 is 1.05 bits per heavy atom. The first-order valence-corrected chi connectivity index (χ1v) is 14.0. The highest BCUT2D eigenvalue weighted by atomic mass is 19.1. The number of halogens is 1. The second kappa shape index (κ2) is 13.1. The summed E-state index contributed by atoms with van der Waals surface area (Å²) in [5.41, 5.74) is 8.06. The first-order chi connectivity index (χ1) is 19.0. The number of benzene rings is 2. The quantitative estimate of drug-likeness (QED) is 0.381. The normalized spacial score (nSPS) is 17.2. The van der Waals surface area contributed by atoms with Crippen LogP contribution in [0.3, 0.4) is 0 Å². The van der Waals surface area contributed by atoms with Gasteiger partial charge in [-0.15, -0.1) is 5.10 Å². The van der Waals surface area contributed by atoms with Crippen LogP contribution < -0.4 is 16.0 Å². The van der Waals surface area contributed by atoms with Crippen molar-refractivity contribution in [3.05, 3.63) is 59.9 Å². The Morgan fingerprint density at radius 2 is 1.72 bits per heavy atom. The van der Waals surface area contributed by atoms with Crippen LogP contribution in [0.4, 0.5) is 15.9 Å². The predicted molar refractivity (Wildman–Crippen MR) is 156 cm³/mol. The van der Waals surface area contributed by atoms with Crippen LogP contribution in [0, 0.1) is 23.1 Å². The molecule has 7 nitrogen and oxygen atoms in total. The van der Waals surface area contributed by atoms with Crippen LogP contribution in [0.2, 0.25) is 0 Å². The van der Waals surface area contributed by atoms with Crippen LogP contribution >= 0.6 is 0 Å². The highest BCUT2D eigenvalue weighted by molar-refractivity contribution is 5.67. The van der Waals surface area contributed by atoms with Crippen molar-refractivity contribution in [1.29, 1.82) is 5.26 Å². The summed E-state index contributed by atoms with van der Waals surface area (Å²) in [7, 11) is 3.30. The molecule has 2 heterocycles. The molecule has 1 saturated carbocycles. The lowest BCUT2D eigenvalue weighted by Gasteiger charge is -2.39. The van der Waals surface area contributed by atoms with Crippen molar-refractivity contribution in [1.82, 2.24) is 9.78 Å². The molecule has 3 aromatic rings. The molecule has 0 unspecified atom stereocenters. The second-order valence-electron chi connectivity index (χ2n) is 10.7. The molecule has 39 heavy (non-hydrogen) atoms. The summed E-state index contributed by atoms with van der Waals surface area (Å²) >= 11 is 0. The number of ether oxygens (including phenoxy) is 1. The van der Waals surface area contributed by atoms with E-state index < -0.39 is 5.82 Å². The van der Waals surface area contributed by atoms with Crippen molar-refractivity contribution in [2.45, 2.75) is 57.5 Å². The molecular weight excluding hydrogens is 491 g/mol. The van der Waals surface area contributed by atoms with Crippen LogP contribution in [0.15, 0.2) is 48.5 Å². The van der Waals surface area contributed by atoms with Gasteiger partial charge in [0.2, 0.25) is 0 Å². The lowest BCUT2D eigenvalue weighted by Crippen LogP contribution is -2.43. The third-order valence-corrected chi connectivity index (χ3v) is 8.16. The molecule has 0 amide bonds. The fraction of sp³-hybridized carbons (Fsp3) is 0.484. The number of rotatable bonds is 7. The average molecular weight is 533 g/mol. The van der Waals surface area contributed by atoms with E-state index >= 15 is 0 Å². The molecule has 1 aliphatic heterocycles. The molecule has 0 atom stereocenters. The molecule has 2 aliphatic rings. The zero-order chi connectivity index (χ0) is 27.8. The molecule has 208 valence electrons. The number of nitrogens with two attached hydrogens (primary N) is 1. The van der Waals surface area contributed by atoms with Crippen molar-refractivity contribution < 1.29 is 9.13 Å². The van der Waals surface area contributed by atoms with Crippen molar-refractivity contribution in [2.24, 2.45) is 11.7 Å². The first-order valence-electron chi connectivity index (χ1n) is 14.0. The van der Waals surface area contributed by atoms with Gasteiger partial charge in [0, 0.05) is 44.1 Å². The average Bonchev–Trinajstić information content (AvgIpc) is 3.42. The van der Waals surface area contributed by atoms with Crippen LogP contribution in [0.25, 0.3) is 16.9 Å². The van der Waals surface area contributed by atoms with Gasteiger partial charge in [-0.3, -0.25) is 0 Å². The largest absolute Gasteiger partial charge is 0.378 e. The Morgan fingerprint density at radius 3 is 2.33 bits per heavy atom. The number of nitrogens with zero attached hydrogens (tertiary/aromatic N) is 4. The van der Waals surface area contributed by atoms with Gasteiger partial charge >= 0.3 is 0 Å². The van der Waals surface area contributed by atoms with Crippen molar-refractivity contribution >= 4 is 11.5 Å². The summed E-state index contributed by atoms with van der Waals surface area (Å²) < 4.78 is 22.1. The highest BCUT2D eigenvalue weighted by Crippen LogP contribution is 2.32. The smallest absolute Gasteiger partial charge is 0.149 e. The number of piperidine rings is 1. The van der Waals surface area contributed by atoms with Gasteiger partial charge in [-0.05, 0) is 82.0 Å². The topological polar surface area (TPSA) is 92.1 Å². The maximum Gasteiger partial charge on any atom is 0.149 e. The van der Waals surface area contributed by atoms with E-state index in [1.165, 1.54) is 57.0 Å². The highest BCUT2D eigenvalue weighted by Gasteiger charge is 2.29. The third kappa shape index (κ3) is 6.78. The fourth-order valence-electron chi connectivity index (χ4n) is 5.52. The summed E-state index contributed by atoms with van der Waals surface area (Å²) in [6.07, 6.45) is 8.42. The van der Waals surface area contributed by atoms with E-state index in [0.717, 1.165) is 49.7 Å². The standard InChI is InChI=1S/C30H36FN5O.CH5N/c1-30(37-2)14-16-35(17-15-30)25-10-12-26(13-11-25)36-28(23-8-9-24(20-32)27(31)18-23)19-29(34-36)33-21-22-6-4-3-5-7-22;1-2/h8-13,18-19,22H,3-7,14-17,21H2,1-2H3,(H,33,34);2H2,1H3. The number of hydrogen-bond acceptors (Lipinski definition) is 6. The maximum absolute atomic E-state index is 14.5. The van der Waals surface area contributed by atoms with E-state index in [1.54, 1.807) is 13.2 Å². The Kier molecular flexibility index (Phi) is 9.60. The summed E-state index contributed by atoms with van der Waals surface area (Å²) in [5, 5.41) is 17.6. The molecule has 1 saturated heterocycles. The molecule has 5 rings (SSSR count). The Hall–Kier alpha value is -3.41. The molecule has 3 N–H and O–H groups in total. The molecule has 0 bridgehead atoms. The molecule has 8 heteroatoms. The van der Waals surface area contributed by atoms with Crippen LogP contribution in [-0.2, 0) is 4.74 Å². The number of nitrogens with one attached hydrogen (secondary N) is 1. The Bertz CT molecular complexity index is 1250. The molecule has 2 aromatic carbocycles. The van der Waals surface area contributed by atoms with Gasteiger partial charge in [-0.1, -0.05) is 25.3 Å². The Balaban J connectivity index is 0.00000172. The molecule has 1 aromatic heterocycles. The van der Waals surface area contributed by atoms with Crippen molar-refractivity contribution in [3.63, 3.8) is 0 Å². The van der Waals surface area contributed by atoms with Gasteiger partial charge in [0.15, 0.2) is 0 Å². The van der Waals surface area contributed by atoms with Crippen LogP contribution in [0.1, 0.15) is 57.4 Å². The molecule has 0 radical (unpaired) electrons. The summed E-state index contributed by atoms with van der Waals surface area (Å²) in [6.45, 7) is 4.98. The zero-order valence-corrected chi connectivity index (χ0v) is 23.4.